The Balaban J connectivity index is 2.33. The van der Waals surface area contributed by atoms with Gasteiger partial charge in [-0.05, 0) is 43.3 Å². The van der Waals surface area contributed by atoms with Crippen molar-refractivity contribution < 1.29 is 32.2 Å². The van der Waals surface area contributed by atoms with E-state index in [9.17, 15) is 22.4 Å². The molecule has 132 valence electrons. The number of hydrogen-bond acceptors (Lipinski definition) is 5. The van der Waals surface area contributed by atoms with Crippen LogP contribution in [0.4, 0.5) is 10.1 Å². The zero-order valence-electron chi connectivity index (χ0n) is 13.0. The second kappa shape index (κ2) is 7.31. The molecule has 2 aromatic carbocycles. The molecule has 0 aromatic heterocycles. The van der Waals surface area contributed by atoms with Crippen molar-refractivity contribution >= 4 is 27.6 Å². The molecule has 25 heavy (non-hydrogen) atoms. The van der Waals surface area contributed by atoms with Crippen LogP contribution in [0.15, 0.2) is 47.4 Å². The number of anilines is 1. The van der Waals surface area contributed by atoms with E-state index in [-0.39, 0.29) is 17.9 Å². The van der Waals surface area contributed by atoms with Crippen molar-refractivity contribution in [3.05, 3.63) is 59.4 Å². The first-order chi connectivity index (χ1) is 11.7. The van der Waals surface area contributed by atoms with Gasteiger partial charge in [-0.2, -0.15) is 0 Å². The summed E-state index contributed by atoms with van der Waals surface area (Å²) in [6.45, 7) is 1.81. The number of halogens is 1. The summed E-state index contributed by atoms with van der Waals surface area (Å²) in [5, 5.41) is 8.89. The monoisotopic (exact) mass is 367 g/mol. The summed E-state index contributed by atoms with van der Waals surface area (Å²) in [5.74, 6) is -3.24. The van der Waals surface area contributed by atoms with Gasteiger partial charge in [-0.25, -0.2) is 22.4 Å². The molecule has 0 aliphatic heterocycles. The third kappa shape index (κ3) is 4.32. The second-order valence-electron chi connectivity index (χ2n) is 4.85. The number of carbonyl (C=O) groups is 2. The summed E-state index contributed by atoms with van der Waals surface area (Å²) < 4.78 is 45.1. The maximum Gasteiger partial charge on any atom is 0.338 e. The summed E-state index contributed by atoms with van der Waals surface area (Å²) in [4.78, 5) is 22.2. The van der Waals surface area contributed by atoms with Crippen molar-refractivity contribution in [2.45, 2.75) is 11.8 Å². The first-order valence-corrected chi connectivity index (χ1v) is 8.55. The molecule has 0 saturated heterocycles. The van der Waals surface area contributed by atoms with Crippen molar-refractivity contribution in [1.82, 2.24) is 0 Å². The van der Waals surface area contributed by atoms with Gasteiger partial charge in [-0.1, -0.05) is 6.07 Å². The van der Waals surface area contributed by atoms with Gasteiger partial charge in [0.2, 0.25) is 0 Å². The molecule has 9 heteroatoms. The molecule has 2 N–H and O–H groups in total. The number of hydrogen-bond donors (Lipinski definition) is 2. The van der Waals surface area contributed by atoms with Crippen LogP contribution >= 0.6 is 0 Å². The quantitative estimate of drug-likeness (QED) is 0.759. The van der Waals surface area contributed by atoms with E-state index in [1.54, 1.807) is 6.92 Å². The Morgan fingerprint density at radius 3 is 2.56 bits per heavy atom. The molecule has 0 unspecified atom stereocenters. The molecule has 0 spiro atoms. The van der Waals surface area contributed by atoms with E-state index < -0.39 is 38.2 Å². The molecular weight excluding hydrogens is 353 g/mol. The molecule has 0 heterocycles. The first kappa shape index (κ1) is 18.4. The van der Waals surface area contributed by atoms with Crippen molar-refractivity contribution in [3.63, 3.8) is 0 Å². The maximum atomic E-state index is 13.4. The molecule has 0 atom stereocenters. The Labute approximate surface area is 143 Å². The van der Waals surface area contributed by atoms with Crippen LogP contribution in [0.1, 0.15) is 27.6 Å². The molecule has 0 aliphatic rings. The average molecular weight is 367 g/mol. The van der Waals surface area contributed by atoms with Crippen LogP contribution in [0, 0.1) is 5.82 Å². The molecule has 0 saturated carbocycles. The number of rotatable bonds is 6. The van der Waals surface area contributed by atoms with Gasteiger partial charge in [0, 0.05) is 5.69 Å². The van der Waals surface area contributed by atoms with Crippen molar-refractivity contribution in [2.75, 3.05) is 11.3 Å². The lowest BCUT2D eigenvalue weighted by Gasteiger charge is -2.10. The van der Waals surface area contributed by atoms with Gasteiger partial charge in [0.05, 0.1) is 22.6 Å². The van der Waals surface area contributed by atoms with E-state index in [1.165, 1.54) is 24.3 Å². The predicted octanol–water partition coefficient (Wildman–Crippen LogP) is 2.50. The number of carboxylic acid groups (broad SMARTS) is 1. The summed E-state index contributed by atoms with van der Waals surface area (Å²) in [6.07, 6.45) is 0. The van der Waals surface area contributed by atoms with Gasteiger partial charge < -0.3 is 9.84 Å². The van der Waals surface area contributed by atoms with Gasteiger partial charge in [-0.15, -0.1) is 0 Å². The lowest BCUT2D eigenvalue weighted by molar-refractivity contribution is 0.0525. The molecule has 2 aromatic rings. The van der Waals surface area contributed by atoms with Gasteiger partial charge in [0.25, 0.3) is 10.0 Å². The highest BCUT2D eigenvalue weighted by Gasteiger charge is 2.19. The molecular formula is C16H14FNO6S. The number of sulfonamides is 1. The molecule has 2 rings (SSSR count). The van der Waals surface area contributed by atoms with Crippen molar-refractivity contribution in [2.24, 2.45) is 0 Å². The normalized spacial score (nSPS) is 11.0. The summed E-state index contributed by atoms with van der Waals surface area (Å²) in [5.41, 5.74) is -0.540. The first-order valence-electron chi connectivity index (χ1n) is 7.07. The number of benzene rings is 2. The van der Waals surface area contributed by atoms with E-state index in [2.05, 4.69) is 4.72 Å². The highest BCUT2D eigenvalue weighted by molar-refractivity contribution is 7.92. The molecule has 0 bridgehead atoms. The van der Waals surface area contributed by atoms with Crippen LogP contribution in [0.3, 0.4) is 0 Å². The SMILES string of the molecule is CCOC(=O)c1cccc(NS(=O)(=O)c2ccc(F)c(C(=O)O)c2)c1. The largest absolute Gasteiger partial charge is 0.478 e. The fourth-order valence-electron chi connectivity index (χ4n) is 1.97. The number of ether oxygens (including phenoxy) is 1. The Kier molecular flexibility index (Phi) is 5.38. The van der Waals surface area contributed by atoms with Crippen LogP contribution in [0.5, 0.6) is 0 Å². The Hall–Kier alpha value is -2.94. The zero-order chi connectivity index (χ0) is 18.6. The van der Waals surface area contributed by atoms with Crippen molar-refractivity contribution in [3.8, 4) is 0 Å². The minimum atomic E-state index is -4.17. The maximum absolute atomic E-state index is 13.4. The van der Waals surface area contributed by atoms with Crippen LogP contribution in [0.2, 0.25) is 0 Å². The van der Waals surface area contributed by atoms with Crippen LogP contribution < -0.4 is 4.72 Å². The van der Waals surface area contributed by atoms with Crippen LogP contribution in [0.25, 0.3) is 0 Å². The summed E-state index contributed by atoms with van der Waals surface area (Å²) in [6, 6.07) is 8.01. The number of esters is 1. The highest BCUT2D eigenvalue weighted by atomic mass is 32.2. The Bertz CT molecular complexity index is 926. The molecule has 0 aliphatic carbocycles. The van der Waals surface area contributed by atoms with Crippen molar-refractivity contribution in [1.29, 1.82) is 0 Å². The molecule has 7 nitrogen and oxygen atoms in total. The number of aromatic carboxylic acids is 1. The van der Waals surface area contributed by atoms with Crippen LogP contribution in [-0.2, 0) is 14.8 Å². The second-order valence-corrected chi connectivity index (χ2v) is 6.54. The number of carbonyl (C=O) groups excluding carboxylic acids is 1. The van der Waals surface area contributed by atoms with Gasteiger partial charge in [-0.3, -0.25) is 4.72 Å². The van der Waals surface area contributed by atoms with E-state index in [0.29, 0.717) is 0 Å². The topological polar surface area (TPSA) is 110 Å². The van der Waals surface area contributed by atoms with Gasteiger partial charge >= 0.3 is 11.9 Å². The van der Waals surface area contributed by atoms with Gasteiger partial charge in [0.15, 0.2) is 0 Å². The van der Waals surface area contributed by atoms with E-state index in [1.807, 2.05) is 0 Å². The van der Waals surface area contributed by atoms with E-state index in [0.717, 1.165) is 18.2 Å². The van der Waals surface area contributed by atoms with Gasteiger partial charge in [0.1, 0.15) is 5.82 Å². The lowest BCUT2D eigenvalue weighted by Crippen LogP contribution is -2.15. The fraction of sp³-hybridized carbons (Fsp3) is 0.125. The zero-order valence-corrected chi connectivity index (χ0v) is 13.8. The molecule has 0 radical (unpaired) electrons. The average Bonchev–Trinajstić information content (AvgIpc) is 2.54. The third-order valence-corrected chi connectivity index (χ3v) is 4.48. The Morgan fingerprint density at radius 2 is 1.92 bits per heavy atom. The summed E-state index contributed by atoms with van der Waals surface area (Å²) >= 11 is 0. The number of nitrogens with one attached hydrogen (secondary N) is 1. The number of carboxylic acids is 1. The van der Waals surface area contributed by atoms with E-state index in [4.69, 9.17) is 9.84 Å². The standard InChI is InChI=1S/C16H14FNO6S/c1-2-24-16(21)10-4-3-5-11(8-10)18-25(22,23)12-6-7-14(17)13(9-12)15(19)20/h3-9,18H,2H2,1H3,(H,19,20). The fourth-order valence-corrected chi connectivity index (χ4v) is 3.05. The summed E-state index contributed by atoms with van der Waals surface area (Å²) in [7, 11) is -4.17. The third-order valence-electron chi connectivity index (χ3n) is 3.10. The van der Waals surface area contributed by atoms with E-state index >= 15 is 0 Å². The minimum Gasteiger partial charge on any atom is -0.478 e. The molecule has 0 amide bonds. The molecule has 0 fully saturated rings. The predicted molar refractivity (Wildman–Crippen MR) is 86.6 cm³/mol. The smallest absolute Gasteiger partial charge is 0.338 e. The Morgan fingerprint density at radius 1 is 1.20 bits per heavy atom. The lowest BCUT2D eigenvalue weighted by atomic mass is 10.2. The van der Waals surface area contributed by atoms with Crippen LogP contribution in [-0.4, -0.2) is 32.1 Å². The minimum absolute atomic E-state index is 0.0757. The highest BCUT2D eigenvalue weighted by Crippen LogP contribution is 2.20.